The molecule has 136 valence electrons. The summed E-state index contributed by atoms with van der Waals surface area (Å²) in [6, 6.07) is 8.27. The molecule has 4 rings (SSSR count). The summed E-state index contributed by atoms with van der Waals surface area (Å²) >= 11 is 0. The average Bonchev–Trinajstić information content (AvgIpc) is 3.29. The zero-order valence-electron chi connectivity index (χ0n) is 14.9. The van der Waals surface area contributed by atoms with Gasteiger partial charge in [0.25, 0.3) is 0 Å². The molecule has 1 aromatic carbocycles. The van der Waals surface area contributed by atoms with Crippen LogP contribution in [0, 0.1) is 11.3 Å². The summed E-state index contributed by atoms with van der Waals surface area (Å²) in [5.41, 5.74) is 1.61. The van der Waals surface area contributed by atoms with E-state index in [0.29, 0.717) is 24.3 Å². The summed E-state index contributed by atoms with van der Waals surface area (Å²) in [5, 5.41) is 9.32. The van der Waals surface area contributed by atoms with E-state index in [2.05, 4.69) is 39.9 Å². The van der Waals surface area contributed by atoms with E-state index < -0.39 is 0 Å². The molecule has 1 saturated heterocycles. The van der Waals surface area contributed by atoms with Crippen LogP contribution >= 0.6 is 0 Å². The Balaban J connectivity index is 1.38. The summed E-state index contributed by atoms with van der Waals surface area (Å²) in [6.45, 7) is 6.69. The van der Waals surface area contributed by atoms with Gasteiger partial charge in [-0.2, -0.15) is 5.26 Å². The van der Waals surface area contributed by atoms with E-state index in [-0.39, 0.29) is 0 Å². The van der Waals surface area contributed by atoms with Crippen molar-refractivity contribution in [2.75, 3.05) is 37.9 Å². The second kappa shape index (κ2) is 7.26. The second-order valence-corrected chi connectivity index (χ2v) is 6.57. The maximum absolute atomic E-state index is 9.32. The van der Waals surface area contributed by atoms with Gasteiger partial charge in [0, 0.05) is 39.1 Å². The van der Waals surface area contributed by atoms with Crippen LogP contribution in [-0.4, -0.2) is 42.9 Å². The fraction of sp³-hybridized carbons (Fsp3) is 0.474. The lowest BCUT2D eigenvalue weighted by Crippen LogP contribution is -2.46. The van der Waals surface area contributed by atoms with E-state index >= 15 is 0 Å². The van der Waals surface area contributed by atoms with Crippen LogP contribution in [0.2, 0.25) is 0 Å². The Morgan fingerprint density at radius 2 is 1.96 bits per heavy atom. The number of oxazole rings is 1. The Labute approximate surface area is 152 Å². The third kappa shape index (κ3) is 3.33. The van der Waals surface area contributed by atoms with Crippen LogP contribution in [0.25, 0.3) is 0 Å². The van der Waals surface area contributed by atoms with Gasteiger partial charge in [0.15, 0.2) is 17.4 Å². The minimum Gasteiger partial charge on any atom is -0.454 e. The highest BCUT2D eigenvalue weighted by atomic mass is 16.7. The van der Waals surface area contributed by atoms with Crippen molar-refractivity contribution in [2.24, 2.45) is 0 Å². The van der Waals surface area contributed by atoms with Gasteiger partial charge in [0.2, 0.25) is 18.4 Å². The number of fused-ring (bicyclic) bond motifs is 1. The van der Waals surface area contributed by atoms with Crippen molar-refractivity contribution in [2.45, 2.75) is 26.3 Å². The Morgan fingerprint density at radius 1 is 1.15 bits per heavy atom. The van der Waals surface area contributed by atoms with Crippen molar-refractivity contribution < 1.29 is 13.9 Å². The first-order chi connectivity index (χ1) is 12.8. The molecule has 0 N–H and O–H groups in total. The van der Waals surface area contributed by atoms with Crippen molar-refractivity contribution in [1.29, 1.82) is 5.26 Å². The van der Waals surface area contributed by atoms with Crippen LogP contribution in [0.3, 0.4) is 0 Å². The van der Waals surface area contributed by atoms with Crippen molar-refractivity contribution in [3.8, 4) is 17.6 Å². The van der Waals surface area contributed by atoms with Gasteiger partial charge in [-0.3, -0.25) is 4.90 Å². The number of hydrogen-bond acceptors (Lipinski definition) is 7. The first-order valence-electron chi connectivity index (χ1n) is 9.02. The lowest BCUT2D eigenvalue weighted by Gasteiger charge is -2.34. The van der Waals surface area contributed by atoms with E-state index in [1.165, 1.54) is 5.56 Å². The van der Waals surface area contributed by atoms with Crippen LogP contribution in [0.5, 0.6) is 11.5 Å². The third-order valence-corrected chi connectivity index (χ3v) is 4.73. The van der Waals surface area contributed by atoms with Gasteiger partial charge in [0.05, 0.1) is 0 Å². The number of aromatic nitrogens is 1. The molecule has 3 heterocycles. The van der Waals surface area contributed by atoms with Crippen LogP contribution < -0.4 is 14.4 Å². The fourth-order valence-electron chi connectivity index (χ4n) is 3.37. The summed E-state index contributed by atoms with van der Waals surface area (Å²) < 4.78 is 16.6. The SMILES string of the molecule is CCCc1nc(C#N)c(N2CCN(Cc3ccc4c(c3)OCO4)CC2)o1. The van der Waals surface area contributed by atoms with E-state index in [0.717, 1.165) is 57.1 Å². The molecular formula is C19H22N4O3. The predicted molar refractivity (Wildman–Crippen MR) is 95.3 cm³/mol. The minimum atomic E-state index is 0.301. The molecule has 7 heteroatoms. The number of ether oxygens (including phenoxy) is 2. The zero-order chi connectivity index (χ0) is 17.9. The normalized spacial score (nSPS) is 16.7. The molecule has 0 radical (unpaired) electrons. The van der Waals surface area contributed by atoms with Crippen LogP contribution in [0.4, 0.5) is 5.88 Å². The molecule has 1 fully saturated rings. The molecule has 26 heavy (non-hydrogen) atoms. The maximum atomic E-state index is 9.32. The van der Waals surface area contributed by atoms with E-state index in [1.54, 1.807) is 0 Å². The zero-order valence-corrected chi connectivity index (χ0v) is 14.9. The monoisotopic (exact) mass is 354 g/mol. The van der Waals surface area contributed by atoms with Crippen LogP contribution in [0.1, 0.15) is 30.5 Å². The van der Waals surface area contributed by atoms with Crippen molar-refractivity contribution in [3.05, 3.63) is 35.3 Å². The number of aryl methyl sites for hydroxylation is 1. The maximum Gasteiger partial charge on any atom is 0.234 e. The number of anilines is 1. The largest absolute Gasteiger partial charge is 0.454 e. The Morgan fingerprint density at radius 3 is 2.73 bits per heavy atom. The molecular weight excluding hydrogens is 332 g/mol. The Hall–Kier alpha value is -2.72. The van der Waals surface area contributed by atoms with Crippen molar-refractivity contribution >= 4 is 5.88 Å². The first-order valence-corrected chi connectivity index (χ1v) is 9.02. The van der Waals surface area contributed by atoms with Gasteiger partial charge in [-0.25, -0.2) is 4.98 Å². The average molecular weight is 354 g/mol. The summed E-state index contributed by atoms with van der Waals surface area (Å²) in [6.07, 6.45) is 1.72. The standard InChI is InChI=1S/C19H22N4O3/c1-2-3-18-21-15(11-20)19(26-18)23-8-6-22(7-9-23)12-14-4-5-16-17(10-14)25-13-24-16/h4-5,10H,2-3,6-9,12-13H2,1H3. The lowest BCUT2D eigenvalue weighted by atomic mass is 10.1. The molecule has 0 amide bonds. The summed E-state index contributed by atoms with van der Waals surface area (Å²) in [7, 11) is 0. The highest BCUT2D eigenvalue weighted by Gasteiger charge is 2.24. The molecule has 0 saturated carbocycles. The topological polar surface area (TPSA) is 74.8 Å². The first kappa shape index (κ1) is 16.7. The van der Waals surface area contributed by atoms with Gasteiger partial charge < -0.3 is 18.8 Å². The molecule has 2 aliphatic rings. The Bertz CT molecular complexity index is 819. The quantitative estimate of drug-likeness (QED) is 0.817. The molecule has 0 unspecified atom stereocenters. The van der Waals surface area contributed by atoms with Crippen molar-refractivity contribution in [1.82, 2.24) is 9.88 Å². The predicted octanol–water partition coefficient (Wildman–Crippen LogP) is 2.55. The van der Waals surface area contributed by atoms with Crippen molar-refractivity contribution in [3.63, 3.8) is 0 Å². The molecule has 0 atom stereocenters. The molecule has 0 spiro atoms. The molecule has 7 nitrogen and oxygen atoms in total. The highest BCUT2D eigenvalue weighted by Crippen LogP contribution is 2.33. The highest BCUT2D eigenvalue weighted by molar-refractivity contribution is 5.48. The lowest BCUT2D eigenvalue weighted by molar-refractivity contribution is 0.174. The molecule has 2 aliphatic heterocycles. The number of nitriles is 1. The molecule has 2 aromatic rings. The molecule has 0 aliphatic carbocycles. The summed E-state index contributed by atoms with van der Waals surface area (Å²) in [4.78, 5) is 8.82. The third-order valence-electron chi connectivity index (χ3n) is 4.73. The smallest absolute Gasteiger partial charge is 0.234 e. The van der Waals surface area contributed by atoms with E-state index in [1.807, 2.05) is 6.07 Å². The molecule has 1 aromatic heterocycles. The molecule has 0 bridgehead atoms. The second-order valence-electron chi connectivity index (χ2n) is 6.57. The van der Waals surface area contributed by atoms with Crippen LogP contribution in [0.15, 0.2) is 22.6 Å². The van der Waals surface area contributed by atoms with Gasteiger partial charge in [0.1, 0.15) is 6.07 Å². The number of piperazine rings is 1. The van der Waals surface area contributed by atoms with E-state index in [9.17, 15) is 5.26 Å². The van der Waals surface area contributed by atoms with E-state index in [4.69, 9.17) is 13.9 Å². The minimum absolute atomic E-state index is 0.301. The number of hydrogen-bond donors (Lipinski definition) is 0. The number of nitrogens with zero attached hydrogens (tertiary/aromatic N) is 4. The van der Waals surface area contributed by atoms with Gasteiger partial charge in [-0.05, 0) is 24.1 Å². The van der Waals surface area contributed by atoms with Gasteiger partial charge in [-0.1, -0.05) is 13.0 Å². The number of rotatable bonds is 5. The van der Waals surface area contributed by atoms with Gasteiger partial charge in [-0.15, -0.1) is 0 Å². The van der Waals surface area contributed by atoms with Gasteiger partial charge >= 0.3 is 0 Å². The summed E-state index contributed by atoms with van der Waals surface area (Å²) in [5.74, 6) is 2.92. The number of benzene rings is 1. The Kier molecular flexibility index (Phi) is 4.67. The fourth-order valence-corrected chi connectivity index (χ4v) is 3.37. The van der Waals surface area contributed by atoms with Crippen LogP contribution in [-0.2, 0) is 13.0 Å².